The van der Waals surface area contributed by atoms with E-state index in [1.807, 2.05) is 32.9 Å². The van der Waals surface area contributed by atoms with Crippen molar-refractivity contribution < 1.29 is 28.2 Å². The van der Waals surface area contributed by atoms with Gasteiger partial charge in [0.1, 0.15) is 29.5 Å². The maximum atomic E-state index is 15.1. The van der Waals surface area contributed by atoms with E-state index in [0.717, 1.165) is 5.56 Å². The number of hydrogen-bond acceptors (Lipinski definition) is 6. The molecule has 38 heavy (non-hydrogen) atoms. The van der Waals surface area contributed by atoms with Crippen LogP contribution in [0.3, 0.4) is 0 Å². The van der Waals surface area contributed by atoms with Crippen LogP contribution in [0.15, 0.2) is 36.4 Å². The lowest BCUT2D eigenvalue weighted by atomic mass is 9.80. The lowest BCUT2D eigenvalue weighted by molar-refractivity contribution is -0.119. The number of carbonyl (C=O) groups excluding carboxylic acids is 2. The maximum absolute atomic E-state index is 15.1. The molecule has 2 aromatic rings. The topological polar surface area (TPSA) is 92.1 Å². The van der Waals surface area contributed by atoms with Crippen molar-refractivity contribution in [1.29, 1.82) is 5.26 Å². The Morgan fingerprint density at radius 1 is 1.11 bits per heavy atom. The first kappa shape index (κ1) is 27.2. The summed E-state index contributed by atoms with van der Waals surface area (Å²) in [7, 11) is 1.58. The highest BCUT2D eigenvalue weighted by Gasteiger charge is 2.39. The fourth-order valence-corrected chi connectivity index (χ4v) is 4.78. The monoisotopic (exact) mass is 523 g/mol. The number of rotatable bonds is 6. The van der Waals surface area contributed by atoms with Crippen LogP contribution >= 0.6 is 0 Å². The number of fused-ring (bicyclic) bond motifs is 1. The number of likely N-dealkylation sites (tertiary alicyclic amines) is 1. The number of halogens is 1. The Hall–Kier alpha value is -3.80. The van der Waals surface area contributed by atoms with Crippen LogP contribution in [0.25, 0.3) is 0 Å². The molecule has 1 fully saturated rings. The van der Waals surface area contributed by atoms with E-state index in [0.29, 0.717) is 49.4 Å². The third-order valence-corrected chi connectivity index (χ3v) is 6.96. The van der Waals surface area contributed by atoms with Gasteiger partial charge in [0.25, 0.3) is 0 Å². The highest BCUT2D eigenvalue weighted by Crippen LogP contribution is 2.40. The predicted octanol–water partition coefficient (Wildman–Crippen LogP) is 5.23. The van der Waals surface area contributed by atoms with Crippen molar-refractivity contribution >= 4 is 17.7 Å². The number of amides is 2. The van der Waals surface area contributed by atoms with Gasteiger partial charge in [-0.15, -0.1) is 0 Å². The van der Waals surface area contributed by atoms with Crippen molar-refractivity contribution in [1.82, 2.24) is 4.90 Å². The quantitative estimate of drug-likeness (QED) is 0.515. The Balaban J connectivity index is 1.48. The van der Waals surface area contributed by atoms with E-state index in [4.69, 9.17) is 14.2 Å². The van der Waals surface area contributed by atoms with Crippen LogP contribution in [-0.4, -0.2) is 49.3 Å². The molecule has 0 N–H and O–H groups in total. The normalized spacial score (nSPS) is 16.9. The van der Waals surface area contributed by atoms with Gasteiger partial charge in [0.05, 0.1) is 30.8 Å². The average molecular weight is 524 g/mol. The highest BCUT2D eigenvalue weighted by atomic mass is 19.1. The van der Waals surface area contributed by atoms with E-state index in [-0.39, 0.29) is 37.3 Å². The van der Waals surface area contributed by atoms with Gasteiger partial charge in [0, 0.05) is 25.1 Å². The van der Waals surface area contributed by atoms with Gasteiger partial charge < -0.3 is 24.0 Å². The first-order valence-corrected chi connectivity index (χ1v) is 12.8. The van der Waals surface area contributed by atoms with Crippen LogP contribution in [0.2, 0.25) is 0 Å². The highest BCUT2D eigenvalue weighted by molar-refractivity contribution is 5.97. The minimum absolute atomic E-state index is 0.107. The third kappa shape index (κ3) is 6.01. The Morgan fingerprint density at radius 2 is 1.79 bits per heavy atom. The molecule has 0 spiro atoms. The molecule has 0 atom stereocenters. The van der Waals surface area contributed by atoms with Crippen LogP contribution in [0.5, 0.6) is 11.5 Å². The molecule has 9 heteroatoms. The zero-order valence-corrected chi connectivity index (χ0v) is 22.4. The first-order valence-electron chi connectivity index (χ1n) is 12.8. The van der Waals surface area contributed by atoms with Crippen molar-refractivity contribution in [3.8, 4) is 17.6 Å². The Bertz CT molecular complexity index is 1220. The van der Waals surface area contributed by atoms with Crippen LogP contribution in [0.4, 0.5) is 14.9 Å². The van der Waals surface area contributed by atoms with Gasteiger partial charge in [-0.25, -0.2) is 9.18 Å². The second-order valence-corrected chi connectivity index (χ2v) is 10.8. The van der Waals surface area contributed by atoms with Crippen LogP contribution in [0, 0.1) is 22.6 Å². The van der Waals surface area contributed by atoms with Crippen LogP contribution in [-0.2, 0) is 22.5 Å². The molecular weight excluding hydrogens is 489 g/mol. The zero-order valence-electron chi connectivity index (χ0n) is 22.4. The summed E-state index contributed by atoms with van der Waals surface area (Å²) in [5, 5.41) is 10.0. The fourth-order valence-electron chi connectivity index (χ4n) is 4.78. The predicted molar refractivity (Wildman–Crippen MR) is 139 cm³/mol. The number of benzene rings is 2. The van der Waals surface area contributed by atoms with Crippen molar-refractivity contribution in [3.05, 3.63) is 53.3 Å². The molecule has 202 valence electrons. The smallest absolute Gasteiger partial charge is 0.410 e. The molecule has 0 bridgehead atoms. The van der Waals surface area contributed by atoms with E-state index >= 15 is 4.39 Å². The van der Waals surface area contributed by atoms with Crippen molar-refractivity contribution in [3.63, 3.8) is 0 Å². The van der Waals surface area contributed by atoms with Crippen molar-refractivity contribution in [2.24, 2.45) is 5.41 Å². The van der Waals surface area contributed by atoms with Gasteiger partial charge in [-0.1, -0.05) is 12.1 Å². The van der Waals surface area contributed by atoms with Crippen molar-refractivity contribution in [2.45, 2.75) is 58.6 Å². The molecule has 8 nitrogen and oxygen atoms in total. The summed E-state index contributed by atoms with van der Waals surface area (Å²) in [6.07, 6.45) is 1.07. The molecule has 2 heterocycles. The zero-order chi connectivity index (χ0) is 27.5. The summed E-state index contributed by atoms with van der Waals surface area (Å²) in [4.78, 5) is 28.3. The summed E-state index contributed by atoms with van der Waals surface area (Å²) in [6, 6.07) is 12.6. The van der Waals surface area contributed by atoms with E-state index in [9.17, 15) is 14.9 Å². The maximum Gasteiger partial charge on any atom is 0.410 e. The molecule has 2 aliphatic rings. The number of carbonyl (C=O) groups is 2. The van der Waals surface area contributed by atoms with E-state index in [1.54, 1.807) is 30.2 Å². The molecule has 2 aliphatic heterocycles. The van der Waals surface area contributed by atoms with Gasteiger partial charge in [0.15, 0.2) is 0 Å². The number of ether oxygens (including phenoxy) is 3. The van der Waals surface area contributed by atoms with Gasteiger partial charge in [-0.05, 0) is 69.9 Å². The summed E-state index contributed by atoms with van der Waals surface area (Å²) in [6.45, 7) is 6.55. The molecule has 0 radical (unpaired) electrons. The second-order valence-electron chi connectivity index (χ2n) is 10.8. The van der Waals surface area contributed by atoms with E-state index in [2.05, 4.69) is 6.07 Å². The Labute approximate surface area is 222 Å². The number of methoxy groups -OCH3 is 1. The third-order valence-electron chi connectivity index (χ3n) is 6.96. The fraction of sp³-hybridized carbons (Fsp3) is 0.483. The van der Waals surface area contributed by atoms with Crippen LogP contribution in [0.1, 0.15) is 51.2 Å². The Kier molecular flexibility index (Phi) is 7.81. The number of piperidine rings is 1. The molecule has 2 aromatic carbocycles. The molecule has 2 amide bonds. The number of anilines is 1. The molecule has 0 aromatic heterocycles. The van der Waals surface area contributed by atoms with Gasteiger partial charge >= 0.3 is 6.09 Å². The lowest BCUT2D eigenvalue weighted by Gasteiger charge is -2.38. The van der Waals surface area contributed by atoms with Gasteiger partial charge in [-0.2, -0.15) is 5.26 Å². The minimum Gasteiger partial charge on any atom is -0.497 e. The summed E-state index contributed by atoms with van der Waals surface area (Å²) >= 11 is 0. The Morgan fingerprint density at radius 3 is 2.39 bits per heavy atom. The molecule has 0 unspecified atom stereocenters. The molecule has 0 saturated carbocycles. The van der Waals surface area contributed by atoms with E-state index in [1.165, 1.54) is 11.0 Å². The molecule has 4 rings (SSSR count). The number of nitrogens with zero attached hydrogens (tertiary/aromatic N) is 3. The van der Waals surface area contributed by atoms with Gasteiger partial charge in [0.2, 0.25) is 5.91 Å². The van der Waals surface area contributed by atoms with Crippen molar-refractivity contribution in [2.75, 3.05) is 31.7 Å². The number of nitriles is 1. The summed E-state index contributed by atoms with van der Waals surface area (Å²) in [5.41, 5.74) is 0.317. The summed E-state index contributed by atoms with van der Waals surface area (Å²) < 4.78 is 31.9. The molecule has 0 aliphatic carbocycles. The first-order chi connectivity index (χ1) is 18.0. The SMILES string of the molecule is COc1ccc(CN2C(=O)CCc3c(OCC4(C#N)CCN(C(=O)OC(C)(C)C)CC4)ccc(F)c32)cc1. The van der Waals surface area contributed by atoms with E-state index < -0.39 is 16.8 Å². The minimum atomic E-state index is -0.785. The number of hydrogen-bond donors (Lipinski definition) is 0. The summed E-state index contributed by atoms with van der Waals surface area (Å²) in [5.74, 6) is 0.518. The largest absolute Gasteiger partial charge is 0.497 e. The van der Waals surface area contributed by atoms with Gasteiger partial charge in [-0.3, -0.25) is 4.79 Å². The van der Waals surface area contributed by atoms with Crippen LogP contribution < -0.4 is 14.4 Å². The molecule has 1 saturated heterocycles. The molecular formula is C29H34FN3O5. The average Bonchev–Trinajstić information content (AvgIpc) is 2.89. The second kappa shape index (κ2) is 10.9. The lowest BCUT2D eigenvalue weighted by Crippen LogP contribution is -2.46. The standard InChI is InChI=1S/C29H34FN3O5/c1-28(2,3)38-27(35)32-15-13-29(18-31,14-16-32)19-37-24-11-10-23(30)26-22(24)9-12-25(34)33(26)17-20-5-7-21(36-4)8-6-20/h5-8,10-11H,9,12-17,19H2,1-4H3.